The molecule has 1 aromatic heterocycles. The van der Waals surface area contributed by atoms with Gasteiger partial charge in [0.05, 0.1) is 0 Å². The fourth-order valence-electron chi connectivity index (χ4n) is 3.11. The average Bonchev–Trinajstić information content (AvgIpc) is 2.81. The van der Waals surface area contributed by atoms with Gasteiger partial charge in [-0.2, -0.15) is 0 Å². The Morgan fingerprint density at radius 3 is 2.58 bits per heavy atom. The second-order valence-electron chi connectivity index (χ2n) is 8.11. The van der Waals surface area contributed by atoms with Crippen LogP contribution in [0, 0.1) is 5.41 Å². The maximum atomic E-state index is 12.0. The van der Waals surface area contributed by atoms with Gasteiger partial charge in [0.15, 0.2) is 0 Å². The molecule has 1 fully saturated rings. The Bertz CT molecular complexity index is 514. The van der Waals surface area contributed by atoms with Crippen molar-refractivity contribution in [3.8, 4) is 0 Å². The quantitative estimate of drug-likeness (QED) is 0.845. The van der Waals surface area contributed by atoms with Crippen LogP contribution in [0.2, 0.25) is 0 Å². The summed E-state index contributed by atoms with van der Waals surface area (Å²) in [5, 5.41) is 3.04. The minimum atomic E-state index is 0.146. The average molecular weight is 332 g/mol. The van der Waals surface area contributed by atoms with E-state index in [0.29, 0.717) is 18.4 Å². The maximum Gasteiger partial charge on any atom is 0.220 e. The minimum Gasteiger partial charge on any atom is -0.357 e. The van der Waals surface area contributed by atoms with Crippen LogP contribution in [0.3, 0.4) is 0 Å². The van der Waals surface area contributed by atoms with E-state index < -0.39 is 0 Å². The van der Waals surface area contributed by atoms with Gasteiger partial charge in [-0.3, -0.25) is 4.79 Å². The molecule has 4 nitrogen and oxygen atoms in total. The van der Waals surface area contributed by atoms with Crippen molar-refractivity contribution in [2.24, 2.45) is 5.41 Å². The van der Waals surface area contributed by atoms with Crippen molar-refractivity contribution in [3.05, 3.63) is 23.9 Å². The zero-order chi connectivity index (χ0) is 17.4. The number of carbonyl (C=O) groups excluding carboxylic acids is 1. The summed E-state index contributed by atoms with van der Waals surface area (Å²) in [7, 11) is 0. The summed E-state index contributed by atoms with van der Waals surface area (Å²) in [5.41, 5.74) is 1.43. The first-order valence-electron chi connectivity index (χ1n) is 9.41. The van der Waals surface area contributed by atoms with E-state index in [4.69, 9.17) is 0 Å². The van der Waals surface area contributed by atoms with Crippen molar-refractivity contribution in [3.63, 3.8) is 0 Å². The molecule has 1 amide bonds. The lowest BCUT2D eigenvalue weighted by atomic mass is 9.90. The molecule has 4 heteroatoms. The molecular formula is C20H33N3O. The molecule has 0 aliphatic carbocycles. The number of rotatable bonds is 6. The van der Waals surface area contributed by atoms with E-state index in [1.165, 1.54) is 25.7 Å². The Balaban J connectivity index is 1.80. The number of hydrogen-bond donors (Lipinski definition) is 1. The van der Waals surface area contributed by atoms with E-state index in [9.17, 15) is 4.79 Å². The van der Waals surface area contributed by atoms with Gasteiger partial charge in [0, 0.05) is 32.3 Å². The van der Waals surface area contributed by atoms with Crippen LogP contribution >= 0.6 is 0 Å². The summed E-state index contributed by atoms with van der Waals surface area (Å²) in [6, 6.07) is 4.12. The molecule has 1 aliphatic heterocycles. The molecule has 2 heterocycles. The highest BCUT2D eigenvalue weighted by Crippen LogP contribution is 2.21. The van der Waals surface area contributed by atoms with Crippen molar-refractivity contribution in [2.75, 3.05) is 18.0 Å². The summed E-state index contributed by atoms with van der Waals surface area (Å²) in [6.45, 7) is 9.42. The fraction of sp³-hybridized carbons (Fsp3) is 0.700. The molecule has 24 heavy (non-hydrogen) atoms. The first kappa shape index (κ1) is 18.8. The van der Waals surface area contributed by atoms with E-state index in [0.717, 1.165) is 37.3 Å². The van der Waals surface area contributed by atoms with Gasteiger partial charge in [-0.05, 0) is 48.8 Å². The standard InChI is InChI=1S/C20H33N3O/c1-20(2,3)11-8-9-19(24)22-16-17-10-12-21-18(15-17)23-13-6-4-5-7-14-23/h10,12,15H,4-9,11,13-14,16H2,1-3H3,(H,22,24). The van der Waals surface area contributed by atoms with Gasteiger partial charge < -0.3 is 10.2 Å². The molecule has 0 radical (unpaired) electrons. The number of nitrogens with one attached hydrogen (secondary N) is 1. The van der Waals surface area contributed by atoms with Crippen LogP contribution in [0.15, 0.2) is 18.3 Å². The highest BCUT2D eigenvalue weighted by Gasteiger charge is 2.13. The van der Waals surface area contributed by atoms with E-state index in [2.05, 4.69) is 42.0 Å². The Labute approximate surface area is 147 Å². The van der Waals surface area contributed by atoms with Crippen molar-refractivity contribution in [1.29, 1.82) is 0 Å². The monoisotopic (exact) mass is 331 g/mol. The predicted octanol–water partition coefficient (Wildman–Crippen LogP) is 4.29. The van der Waals surface area contributed by atoms with Gasteiger partial charge in [0.2, 0.25) is 5.91 Å². The van der Waals surface area contributed by atoms with Crippen LogP contribution in [-0.4, -0.2) is 24.0 Å². The molecule has 0 atom stereocenters. The summed E-state index contributed by atoms with van der Waals surface area (Å²) >= 11 is 0. The highest BCUT2D eigenvalue weighted by molar-refractivity contribution is 5.75. The van der Waals surface area contributed by atoms with E-state index in [1.807, 2.05) is 12.3 Å². The number of hydrogen-bond acceptors (Lipinski definition) is 3. The highest BCUT2D eigenvalue weighted by atomic mass is 16.1. The molecule has 1 saturated heterocycles. The zero-order valence-electron chi connectivity index (χ0n) is 15.6. The summed E-state index contributed by atoms with van der Waals surface area (Å²) in [6.07, 6.45) is 9.64. The smallest absolute Gasteiger partial charge is 0.220 e. The largest absolute Gasteiger partial charge is 0.357 e. The first-order valence-corrected chi connectivity index (χ1v) is 9.41. The van der Waals surface area contributed by atoms with Crippen LogP contribution in [0.5, 0.6) is 0 Å². The van der Waals surface area contributed by atoms with Crippen LogP contribution in [0.1, 0.15) is 71.3 Å². The van der Waals surface area contributed by atoms with Gasteiger partial charge in [-0.15, -0.1) is 0 Å². The third-order valence-corrected chi connectivity index (χ3v) is 4.56. The SMILES string of the molecule is CC(C)(C)CCCC(=O)NCc1ccnc(N2CCCCCC2)c1. The van der Waals surface area contributed by atoms with Gasteiger partial charge in [0.25, 0.3) is 0 Å². The second-order valence-corrected chi connectivity index (χ2v) is 8.11. The van der Waals surface area contributed by atoms with Gasteiger partial charge in [-0.1, -0.05) is 33.6 Å². The van der Waals surface area contributed by atoms with Gasteiger partial charge in [-0.25, -0.2) is 4.98 Å². The second kappa shape index (κ2) is 9.05. The minimum absolute atomic E-state index is 0.146. The lowest BCUT2D eigenvalue weighted by molar-refractivity contribution is -0.121. The van der Waals surface area contributed by atoms with E-state index >= 15 is 0 Å². The molecule has 2 rings (SSSR count). The molecule has 0 bridgehead atoms. The van der Waals surface area contributed by atoms with Crippen molar-refractivity contribution in [1.82, 2.24) is 10.3 Å². The number of carbonyl (C=O) groups is 1. The van der Waals surface area contributed by atoms with Crippen LogP contribution < -0.4 is 10.2 Å². The number of aromatic nitrogens is 1. The molecule has 0 saturated carbocycles. The predicted molar refractivity (Wildman–Crippen MR) is 100 cm³/mol. The Hall–Kier alpha value is -1.58. The van der Waals surface area contributed by atoms with Gasteiger partial charge in [0.1, 0.15) is 5.82 Å². The van der Waals surface area contributed by atoms with Crippen LogP contribution in [0.25, 0.3) is 0 Å². The zero-order valence-corrected chi connectivity index (χ0v) is 15.6. The number of anilines is 1. The topological polar surface area (TPSA) is 45.2 Å². The number of nitrogens with zero attached hydrogens (tertiary/aromatic N) is 2. The Morgan fingerprint density at radius 1 is 1.21 bits per heavy atom. The van der Waals surface area contributed by atoms with Gasteiger partial charge >= 0.3 is 0 Å². The number of amides is 1. The molecule has 1 N–H and O–H groups in total. The van der Waals surface area contributed by atoms with Crippen molar-refractivity contribution < 1.29 is 4.79 Å². The lowest BCUT2D eigenvalue weighted by Crippen LogP contribution is -2.26. The van der Waals surface area contributed by atoms with Crippen molar-refractivity contribution >= 4 is 11.7 Å². The number of pyridine rings is 1. The molecule has 1 aliphatic rings. The first-order chi connectivity index (χ1) is 11.4. The summed E-state index contributed by atoms with van der Waals surface area (Å²) in [4.78, 5) is 18.9. The molecule has 1 aromatic rings. The van der Waals surface area contributed by atoms with Crippen molar-refractivity contribution in [2.45, 2.75) is 72.3 Å². The van der Waals surface area contributed by atoms with E-state index in [-0.39, 0.29) is 5.91 Å². The summed E-state index contributed by atoms with van der Waals surface area (Å²) < 4.78 is 0. The lowest BCUT2D eigenvalue weighted by Gasteiger charge is -2.21. The molecule has 134 valence electrons. The third-order valence-electron chi connectivity index (χ3n) is 4.56. The van der Waals surface area contributed by atoms with E-state index in [1.54, 1.807) is 0 Å². The Kier molecular flexibility index (Phi) is 7.07. The normalized spacial score (nSPS) is 15.9. The fourth-order valence-corrected chi connectivity index (χ4v) is 3.11. The summed E-state index contributed by atoms with van der Waals surface area (Å²) in [5.74, 6) is 1.20. The van der Waals surface area contributed by atoms with Crippen LogP contribution in [-0.2, 0) is 11.3 Å². The van der Waals surface area contributed by atoms with Crippen LogP contribution in [0.4, 0.5) is 5.82 Å². The Morgan fingerprint density at radius 2 is 1.92 bits per heavy atom. The molecule has 0 spiro atoms. The third kappa shape index (κ3) is 6.90. The maximum absolute atomic E-state index is 12.0. The molecule has 0 unspecified atom stereocenters. The molecule has 0 aromatic carbocycles. The molecular weight excluding hydrogens is 298 g/mol.